The highest BCUT2D eigenvalue weighted by atomic mass is 15.2. The molecule has 0 aliphatic rings. The maximum absolute atomic E-state index is 4.28. The van der Waals surface area contributed by atoms with Gasteiger partial charge in [-0.25, -0.2) is 0 Å². The minimum atomic E-state index is 0.707. The molecule has 1 N–H and O–H groups in total. The second-order valence-corrected chi connectivity index (χ2v) is 4.30. The first kappa shape index (κ1) is 12.0. The third kappa shape index (κ3) is 4.30. The first-order chi connectivity index (χ1) is 7.09. The number of hydrogen-bond acceptors (Lipinski definition) is 2. The summed E-state index contributed by atoms with van der Waals surface area (Å²) in [6.07, 6.45) is 6.30. The molecule has 0 fully saturated rings. The third-order valence-corrected chi connectivity index (χ3v) is 2.16. The van der Waals surface area contributed by atoms with Crippen LogP contribution in [0.2, 0.25) is 0 Å². The van der Waals surface area contributed by atoms with Crippen LogP contribution in [0.15, 0.2) is 12.3 Å². The molecule has 0 amide bonds. The predicted molar refractivity (Wildman–Crippen MR) is 64.7 cm³/mol. The maximum Gasteiger partial charge on any atom is 0.0665 e. The Morgan fingerprint density at radius 1 is 1.53 bits per heavy atom. The quantitative estimate of drug-likeness (QED) is 0.748. The van der Waals surface area contributed by atoms with E-state index in [1.165, 1.54) is 5.56 Å². The van der Waals surface area contributed by atoms with Crippen molar-refractivity contribution in [3.8, 4) is 0 Å². The molecule has 0 saturated carbocycles. The Hall–Kier alpha value is -1.09. The molecule has 0 bridgehead atoms. The molecule has 0 saturated heterocycles. The zero-order valence-corrected chi connectivity index (χ0v) is 10.1. The molecular formula is C12H21N3. The predicted octanol–water partition coefficient (Wildman–Crippen LogP) is 1.99. The molecular weight excluding hydrogens is 186 g/mol. The van der Waals surface area contributed by atoms with Gasteiger partial charge in [0.2, 0.25) is 0 Å². The Labute approximate surface area is 92.2 Å². The Morgan fingerprint density at radius 3 is 2.80 bits per heavy atom. The number of nitrogens with zero attached hydrogens (tertiary/aromatic N) is 2. The van der Waals surface area contributed by atoms with Gasteiger partial charge in [0.05, 0.1) is 5.69 Å². The summed E-state index contributed by atoms with van der Waals surface area (Å²) in [7, 11) is 1.95. The summed E-state index contributed by atoms with van der Waals surface area (Å²) in [6, 6.07) is 0. The first-order valence-electron chi connectivity index (χ1n) is 5.47. The molecule has 1 heterocycles. The monoisotopic (exact) mass is 207 g/mol. The van der Waals surface area contributed by atoms with E-state index in [0.29, 0.717) is 5.92 Å². The van der Waals surface area contributed by atoms with Gasteiger partial charge in [-0.2, -0.15) is 5.10 Å². The SMILES string of the molecule is Cc1nn(C)cc1/C=C/CNCC(C)C. The minimum Gasteiger partial charge on any atom is -0.313 e. The molecule has 0 spiro atoms. The lowest BCUT2D eigenvalue weighted by molar-refractivity contribution is 0.577. The van der Waals surface area contributed by atoms with E-state index in [9.17, 15) is 0 Å². The molecule has 0 atom stereocenters. The van der Waals surface area contributed by atoms with Gasteiger partial charge in [0, 0.05) is 25.4 Å². The zero-order valence-electron chi connectivity index (χ0n) is 10.1. The standard InChI is InChI=1S/C12H21N3/c1-10(2)8-13-7-5-6-12-9-15(4)14-11(12)3/h5-6,9-10,13H,7-8H2,1-4H3/b6-5+. The van der Waals surface area contributed by atoms with Crippen LogP contribution in [0.4, 0.5) is 0 Å². The molecule has 0 radical (unpaired) electrons. The van der Waals surface area contributed by atoms with Gasteiger partial charge in [-0.1, -0.05) is 26.0 Å². The fourth-order valence-corrected chi connectivity index (χ4v) is 1.42. The van der Waals surface area contributed by atoms with Crippen LogP contribution in [0.5, 0.6) is 0 Å². The van der Waals surface area contributed by atoms with Crippen molar-refractivity contribution in [2.24, 2.45) is 13.0 Å². The summed E-state index contributed by atoms with van der Waals surface area (Å²) in [5, 5.41) is 7.65. The average molecular weight is 207 g/mol. The number of nitrogens with one attached hydrogen (secondary N) is 1. The lowest BCUT2D eigenvalue weighted by atomic mass is 10.2. The molecule has 0 aromatic carbocycles. The zero-order chi connectivity index (χ0) is 11.3. The van der Waals surface area contributed by atoms with Crippen LogP contribution >= 0.6 is 0 Å². The Morgan fingerprint density at radius 2 is 2.27 bits per heavy atom. The van der Waals surface area contributed by atoms with Gasteiger partial charge in [0.25, 0.3) is 0 Å². The summed E-state index contributed by atoms with van der Waals surface area (Å²) >= 11 is 0. The summed E-state index contributed by atoms with van der Waals surface area (Å²) < 4.78 is 1.84. The second-order valence-electron chi connectivity index (χ2n) is 4.30. The van der Waals surface area contributed by atoms with Crippen LogP contribution in [-0.4, -0.2) is 22.9 Å². The Bertz CT molecular complexity index is 324. The van der Waals surface area contributed by atoms with Crippen molar-refractivity contribution in [1.82, 2.24) is 15.1 Å². The molecule has 0 aliphatic carbocycles. The molecule has 0 unspecified atom stereocenters. The van der Waals surface area contributed by atoms with Gasteiger partial charge >= 0.3 is 0 Å². The van der Waals surface area contributed by atoms with Crippen molar-refractivity contribution in [3.05, 3.63) is 23.5 Å². The fourth-order valence-electron chi connectivity index (χ4n) is 1.42. The fraction of sp³-hybridized carbons (Fsp3) is 0.583. The van der Waals surface area contributed by atoms with Gasteiger partial charge in [-0.05, 0) is 19.4 Å². The smallest absolute Gasteiger partial charge is 0.0665 e. The van der Waals surface area contributed by atoms with Crippen molar-refractivity contribution >= 4 is 6.08 Å². The average Bonchev–Trinajstić information content (AvgIpc) is 2.44. The molecule has 15 heavy (non-hydrogen) atoms. The Balaban J connectivity index is 2.35. The minimum absolute atomic E-state index is 0.707. The number of rotatable bonds is 5. The number of hydrogen-bond donors (Lipinski definition) is 1. The molecule has 84 valence electrons. The van der Waals surface area contributed by atoms with Crippen LogP contribution in [0.1, 0.15) is 25.1 Å². The van der Waals surface area contributed by atoms with Gasteiger partial charge < -0.3 is 5.32 Å². The molecule has 0 aliphatic heterocycles. The van der Waals surface area contributed by atoms with Gasteiger partial charge in [-0.3, -0.25) is 4.68 Å². The topological polar surface area (TPSA) is 29.9 Å². The second kappa shape index (κ2) is 5.71. The van der Waals surface area contributed by atoms with E-state index >= 15 is 0 Å². The molecule has 1 aromatic heterocycles. The van der Waals surface area contributed by atoms with Crippen molar-refractivity contribution < 1.29 is 0 Å². The summed E-state index contributed by atoms with van der Waals surface area (Å²) in [5.41, 5.74) is 2.28. The normalized spacial score (nSPS) is 11.8. The molecule has 3 nitrogen and oxygen atoms in total. The highest BCUT2D eigenvalue weighted by Crippen LogP contribution is 2.06. The maximum atomic E-state index is 4.28. The van der Waals surface area contributed by atoms with E-state index in [2.05, 4.69) is 36.4 Å². The Kier molecular flexibility index (Phi) is 4.56. The third-order valence-electron chi connectivity index (χ3n) is 2.16. The van der Waals surface area contributed by atoms with Crippen LogP contribution in [0.3, 0.4) is 0 Å². The van der Waals surface area contributed by atoms with Crippen LogP contribution < -0.4 is 5.32 Å². The van der Waals surface area contributed by atoms with E-state index in [-0.39, 0.29) is 0 Å². The summed E-state index contributed by atoms with van der Waals surface area (Å²) in [5.74, 6) is 0.707. The van der Waals surface area contributed by atoms with E-state index < -0.39 is 0 Å². The van der Waals surface area contributed by atoms with E-state index in [0.717, 1.165) is 18.8 Å². The van der Waals surface area contributed by atoms with E-state index in [1.807, 2.05) is 24.9 Å². The molecule has 3 heteroatoms. The number of aryl methyl sites for hydroxylation is 2. The van der Waals surface area contributed by atoms with E-state index in [4.69, 9.17) is 0 Å². The van der Waals surface area contributed by atoms with Gasteiger partial charge in [0.1, 0.15) is 0 Å². The lowest BCUT2D eigenvalue weighted by Gasteiger charge is -2.03. The first-order valence-corrected chi connectivity index (χ1v) is 5.47. The van der Waals surface area contributed by atoms with Crippen LogP contribution in [0.25, 0.3) is 6.08 Å². The summed E-state index contributed by atoms with van der Waals surface area (Å²) in [4.78, 5) is 0. The van der Waals surface area contributed by atoms with Crippen LogP contribution in [0, 0.1) is 12.8 Å². The molecule has 1 rings (SSSR count). The van der Waals surface area contributed by atoms with Crippen LogP contribution in [-0.2, 0) is 7.05 Å². The molecule has 1 aromatic rings. The largest absolute Gasteiger partial charge is 0.313 e. The lowest BCUT2D eigenvalue weighted by Crippen LogP contribution is -2.19. The highest BCUT2D eigenvalue weighted by molar-refractivity contribution is 5.50. The van der Waals surface area contributed by atoms with Crippen molar-refractivity contribution in [2.75, 3.05) is 13.1 Å². The van der Waals surface area contributed by atoms with Crippen molar-refractivity contribution in [3.63, 3.8) is 0 Å². The highest BCUT2D eigenvalue weighted by Gasteiger charge is 1.97. The van der Waals surface area contributed by atoms with Crippen molar-refractivity contribution in [2.45, 2.75) is 20.8 Å². The van der Waals surface area contributed by atoms with E-state index in [1.54, 1.807) is 0 Å². The summed E-state index contributed by atoms with van der Waals surface area (Å²) in [6.45, 7) is 8.44. The van der Waals surface area contributed by atoms with Gasteiger partial charge in [-0.15, -0.1) is 0 Å². The van der Waals surface area contributed by atoms with Gasteiger partial charge in [0.15, 0.2) is 0 Å². The number of aromatic nitrogens is 2. The van der Waals surface area contributed by atoms with Crippen molar-refractivity contribution in [1.29, 1.82) is 0 Å².